The number of nitrogens with two attached hydrogens (primary N) is 1. The van der Waals surface area contributed by atoms with Crippen molar-refractivity contribution in [3.05, 3.63) is 11.8 Å². The normalized spacial score (nSPS) is 12.2. The molecule has 9 heavy (non-hydrogen) atoms. The Bertz CT molecular complexity index is 142. The molecule has 0 heterocycles. The molecular weight excluding hydrogens is 128 g/mol. The molecule has 0 aromatic carbocycles. The van der Waals surface area contributed by atoms with Gasteiger partial charge in [-0.15, -0.1) is 0 Å². The highest BCUT2D eigenvalue weighted by molar-refractivity contribution is 5.87. The Labute approximate surface area is 51.3 Å². The first-order valence-electron chi connectivity index (χ1n) is 2.30. The third-order valence-corrected chi connectivity index (χ3v) is 0.622. The van der Waals surface area contributed by atoms with Crippen LogP contribution in [0.4, 0.5) is 8.78 Å². The average Bonchev–Trinajstić information content (AvgIpc) is 1.63. The molecule has 2 nitrogen and oxygen atoms in total. The van der Waals surface area contributed by atoms with Crippen molar-refractivity contribution in [1.82, 2.24) is 0 Å². The predicted octanol–water partition coefficient (Wildman–Crippen LogP) is 0.683. The largest absolute Gasteiger partial charge is 0.397 e. The van der Waals surface area contributed by atoms with Gasteiger partial charge in [0.1, 0.15) is 0 Å². The van der Waals surface area contributed by atoms with E-state index in [0.29, 0.717) is 6.08 Å². The summed E-state index contributed by atoms with van der Waals surface area (Å²) in [6.45, 7) is 1.16. The fraction of sp³-hybridized carbons (Fsp3) is 0.400. The summed E-state index contributed by atoms with van der Waals surface area (Å²) in [4.78, 5) is 10.1. The van der Waals surface area contributed by atoms with Crippen molar-refractivity contribution in [3.8, 4) is 0 Å². The smallest absolute Gasteiger partial charge is 0.277 e. The summed E-state index contributed by atoms with van der Waals surface area (Å²) >= 11 is 0. The topological polar surface area (TPSA) is 43.1 Å². The number of ketones is 1. The van der Waals surface area contributed by atoms with Gasteiger partial charge in [-0.3, -0.25) is 4.79 Å². The maximum Gasteiger partial charge on any atom is 0.277 e. The monoisotopic (exact) mass is 135 g/mol. The molecule has 0 amide bonds. The van der Waals surface area contributed by atoms with Crippen molar-refractivity contribution in [2.75, 3.05) is 0 Å². The van der Waals surface area contributed by atoms with Crippen LogP contribution in [0.25, 0.3) is 0 Å². The van der Waals surface area contributed by atoms with Gasteiger partial charge in [0.25, 0.3) is 6.43 Å². The number of hydrogen-bond donors (Lipinski definition) is 1. The van der Waals surface area contributed by atoms with E-state index in [4.69, 9.17) is 5.73 Å². The van der Waals surface area contributed by atoms with Gasteiger partial charge in [0, 0.05) is 6.08 Å². The average molecular weight is 135 g/mol. The first-order valence-corrected chi connectivity index (χ1v) is 2.30. The van der Waals surface area contributed by atoms with Crippen molar-refractivity contribution in [3.63, 3.8) is 0 Å². The molecule has 0 spiro atoms. The fourth-order valence-electron chi connectivity index (χ4n) is 0.298. The third-order valence-electron chi connectivity index (χ3n) is 0.622. The molecule has 52 valence electrons. The Hall–Kier alpha value is -0.930. The minimum Gasteiger partial charge on any atom is -0.397 e. The maximum absolute atomic E-state index is 11.4. The Kier molecular flexibility index (Phi) is 2.84. The van der Waals surface area contributed by atoms with Gasteiger partial charge in [0.05, 0.1) is 5.70 Å². The molecule has 4 heteroatoms. The van der Waals surface area contributed by atoms with E-state index in [1.807, 2.05) is 0 Å². The summed E-state index contributed by atoms with van der Waals surface area (Å²) in [5.41, 5.74) is 4.03. The van der Waals surface area contributed by atoms with E-state index in [-0.39, 0.29) is 0 Å². The van der Waals surface area contributed by atoms with Gasteiger partial charge in [0.2, 0.25) is 0 Å². The quantitative estimate of drug-likeness (QED) is 0.566. The summed E-state index contributed by atoms with van der Waals surface area (Å²) in [6, 6.07) is 0. The van der Waals surface area contributed by atoms with Crippen LogP contribution < -0.4 is 5.73 Å². The van der Waals surface area contributed by atoms with Gasteiger partial charge in [-0.05, 0) is 6.92 Å². The highest BCUT2D eigenvalue weighted by atomic mass is 19.3. The lowest BCUT2D eigenvalue weighted by Gasteiger charge is -1.94. The molecule has 0 aliphatic heterocycles. The van der Waals surface area contributed by atoms with Crippen molar-refractivity contribution >= 4 is 5.78 Å². The number of hydrogen-bond acceptors (Lipinski definition) is 2. The van der Waals surface area contributed by atoms with Crippen LogP contribution in [0, 0.1) is 0 Å². The van der Waals surface area contributed by atoms with Crippen molar-refractivity contribution in [1.29, 1.82) is 0 Å². The highest BCUT2D eigenvalue weighted by Gasteiger charge is 2.05. The lowest BCUT2D eigenvalue weighted by molar-refractivity contribution is -0.112. The number of carbonyl (C=O) groups excluding carboxylic acids is 1. The van der Waals surface area contributed by atoms with Crippen molar-refractivity contribution in [2.45, 2.75) is 13.3 Å². The molecule has 0 aromatic heterocycles. The first kappa shape index (κ1) is 8.07. The molecule has 2 N–H and O–H groups in total. The van der Waals surface area contributed by atoms with Gasteiger partial charge < -0.3 is 5.73 Å². The lowest BCUT2D eigenvalue weighted by Crippen LogP contribution is -2.08. The van der Waals surface area contributed by atoms with E-state index in [1.54, 1.807) is 0 Å². The highest BCUT2D eigenvalue weighted by Crippen LogP contribution is 2.00. The Morgan fingerprint density at radius 1 is 1.67 bits per heavy atom. The first-order chi connectivity index (χ1) is 4.04. The molecule has 0 radical (unpaired) electrons. The standard InChI is InChI=1S/C5H7F2NO/c1-3(9)2-4(8)5(6)7/h2,5H,8H2,1H3/b4-2+. The second kappa shape index (κ2) is 3.17. The van der Waals surface area contributed by atoms with Crippen LogP contribution in [0.5, 0.6) is 0 Å². The van der Waals surface area contributed by atoms with Gasteiger partial charge in [-0.2, -0.15) is 0 Å². The third kappa shape index (κ3) is 3.64. The second-order valence-corrected chi connectivity index (χ2v) is 1.56. The Morgan fingerprint density at radius 2 is 2.11 bits per heavy atom. The van der Waals surface area contributed by atoms with Crippen LogP contribution >= 0.6 is 0 Å². The molecule has 0 saturated carbocycles. The van der Waals surface area contributed by atoms with Crippen LogP contribution in [-0.4, -0.2) is 12.2 Å². The maximum atomic E-state index is 11.4. The minimum atomic E-state index is -2.73. The molecule has 0 aliphatic rings. The SMILES string of the molecule is CC(=O)/C=C(/N)C(F)F. The molecule has 0 saturated heterocycles. The number of allylic oxidation sites excluding steroid dienone is 2. The minimum absolute atomic E-state index is 0.465. The molecule has 0 aliphatic carbocycles. The fourth-order valence-corrected chi connectivity index (χ4v) is 0.298. The van der Waals surface area contributed by atoms with Crippen molar-refractivity contribution in [2.24, 2.45) is 5.73 Å². The number of rotatable bonds is 2. The van der Waals surface area contributed by atoms with Crippen molar-refractivity contribution < 1.29 is 13.6 Å². The van der Waals surface area contributed by atoms with E-state index in [0.717, 1.165) is 6.92 Å². The van der Waals surface area contributed by atoms with Crippen LogP contribution in [0.3, 0.4) is 0 Å². The molecule has 0 atom stereocenters. The zero-order valence-electron chi connectivity index (χ0n) is 4.90. The van der Waals surface area contributed by atoms with Crippen LogP contribution in [0.15, 0.2) is 11.8 Å². The van der Waals surface area contributed by atoms with E-state index < -0.39 is 17.9 Å². The second-order valence-electron chi connectivity index (χ2n) is 1.56. The summed E-state index contributed by atoms with van der Waals surface area (Å²) in [7, 11) is 0. The van der Waals surface area contributed by atoms with Gasteiger partial charge >= 0.3 is 0 Å². The number of halogens is 2. The summed E-state index contributed by atoms with van der Waals surface area (Å²) < 4.78 is 22.9. The van der Waals surface area contributed by atoms with Gasteiger partial charge in [-0.1, -0.05) is 0 Å². The van der Waals surface area contributed by atoms with Crippen LogP contribution in [0.1, 0.15) is 6.92 Å². The predicted molar refractivity (Wildman–Crippen MR) is 29.0 cm³/mol. The van der Waals surface area contributed by atoms with Crippen LogP contribution in [0.2, 0.25) is 0 Å². The zero-order valence-corrected chi connectivity index (χ0v) is 4.90. The lowest BCUT2D eigenvalue weighted by atomic mass is 10.3. The zero-order chi connectivity index (χ0) is 7.44. The van der Waals surface area contributed by atoms with E-state index in [9.17, 15) is 13.6 Å². The molecular formula is C5H7F2NO. The molecule has 0 unspecified atom stereocenters. The van der Waals surface area contributed by atoms with Crippen LogP contribution in [-0.2, 0) is 4.79 Å². The summed E-state index contributed by atoms with van der Waals surface area (Å²) in [6.07, 6.45) is -2.01. The Morgan fingerprint density at radius 3 is 2.22 bits per heavy atom. The van der Waals surface area contributed by atoms with E-state index in [2.05, 4.69) is 0 Å². The van der Waals surface area contributed by atoms with E-state index in [1.165, 1.54) is 0 Å². The number of alkyl halides is 2. The molecule has 0 bridgehead atoms. The Balaban J connectivity index is 4.00. The van der Waals surface area contributed by atoms with E-state index >= 15 is 0 Å². The summed E-state index contributed by atoms with van der Waals surface area (Å²) in [5, 5.41) is 0. The van der Waals surface area contributed by atoms with Gasteiger partial charge in [-0.25, -0.2) is 8.78 Å². The summed E-state index contributed by atoms with van der Waals surface area (Å²) in [5.74, 6) is -0.465. The van der Waals surface area contributed by atoms with Gasteiger partial charge in [0.15, 0.2) is 5.78 Å². The molecule has 0 aromatic rings. The number of carbonyl (C=O) groups is 1. The molecule has 0 fully saturated rings. The molecule has 0 rings (SSSR count).